The number of carbonyl (C=O) groups is 1. The minimum absolute atomic E-state index is 0.0378. The van der Waals surface area contributed by atoms with Gasteiger partial charge in [-0.2, -0.15) is 0 Å². The highest BCUT2D eigenvalue weighted by atomic mass is 32.2. The van der Waals surface area contributed by atoms with Crippen LogP contribution in [0.4, 0.5) is 0 Å². The van der Waals surface area contributed by atoms with Crippen LogP contribution in [0.15, 0.2) is 36.1 Å². The number of ketones is 1. The van der Waals surface area contributed by atoms with Crippen molar-refractivity contribution < 1.29 is 10.0 Å². The molecule has 1 aliphatic carbocycles. The fourth-order valence-corrected chi connectivity index (χ4v) is 4.53. The Morgan fingerprint density at radius 2 is 2.05 bits per heavy atom. The third kappa shape index (κ3) is 3.80. The van der Waals surface area contributed by atoms with E-state index in [1.54, 1.807) is 30.1 Å². The molecule has 120 valence electrons. The monoisotopic (exact) mass is 338 g/mol. The SMILES string of the molecule is CCCCN1C(=S)SC(C)(C)[C@H]1N(O)C=C1C=CC(=O)C=C1. The number of hydroxylamine groups is 2. The summed E-state index contributed by atoms with van der Waals surface area (Å²) in [5.41, 5.74) is 0.788. The molecule has 1 fully saturated rings. The van der Waals surface area contributed by atoms with Crippen LogP contribution in [-0.4, -0.2) is 42.7 Å². The quantitative estimate of drug-likeness (QED) is 0.611. The molecule has 0 bridgehead atoms. The molecule has 0 aromatic heterocycles. The van der Waals surface area contributed by atoms with Crippen molar-refractivity contribution in [3.63, 3.8) is 0 Å². The summed E-state index contributed by atoms with van der Waals surface area (Å²) in [4.78, 5) is 13.2. The van der Waals surface area contributed by atoms with Crippen LogP contribution >= 0.6 is 24.0 Å². The second-order valence-corrected chi connectivity index (χ2v) is 8.26. The molecule has 1 aliphatic heterocycles. The largest absolute Gasteiger partial charge is 0.334 e. The zero-order chi connectivity index (χ0) is 16.3. The van der Waals surface area contributed by atoms with Gasteiger partial charge in [0.1, 0.15) is 10.5 Å². The van der Waals surface area contributed by atoms with Crippen LogP contribution < -0.4 is 0 Å². The Hall–Kier alpha value is -1.11. The number of carbonyl (C=O) groups excluding carboxylic acids is 1. The first-order chi connectivity index (χ1) is 10.3. The maximum atomic E-state index is 11.2. The molecule has 1 atom stereocenters. The summed E-state index contributed by atoms with van der Waals surface area (Å²) in [5, 5.41) is 11.8. The normalized spacial score (nSPS) is 23.4. The average Bonchev–Trinajstić information content (AvgIpc) is 2.67. The molecular weight excluding hydrogens is 316 g/mol. The van der Waals surface area contributed by atoms with Gasteiger partial charge in [0.2, 0.25) is 0 Å². The molecule has 0 unspecified atom stereocenters. The summed E-state index contributed by atoms with van der Waals surface area (Å²) < 4.78 is 0.611. The summed E-state index contributed by atoms with van der Waals surface area (Å²) in [6.45, 7) is 7.14. The van der Waals surface area contributed by atoms with Gasteiger partial charge in [0.15, 0.2) is 5.78 Å². The number of thioether (sulfide) groups is 1. The van der Waals surface area contributed by atoms with Crippen molar-refractivity contribution in [1.82, 2.24) is 9.96 Å². The number of thiocarbonyl (C=S) groups is 1. The zero-order valence-corrected chi connectivity index (χ0v) is 14.8. The van der Waals surface area contributed by atoms with Gasteiger partial charge in [-0.3, -0.25) is 10.0 Å². The van der Waals surface area contributed by atoms with Gasteiger partial charge in [-0.1, -0.05) is 37.3 Å². The molecule has 2 aliphatic rings. The van der Waals surface area contributed by atoms with E-state index in [1.165, 1.54) is 17.2 Å². The number of unbranched alkanes of at least 4 members (excludes halogenated alkanes) is 1. The lowest BCUT2D eigenvalue weighted by Gasteiger charge is -2.36. The predicted molar refractivity (Wildman–Crippen MR) is 94.7 cm³/mol. The van der Waals surface area contributed by atoms with Crippen LogP contribution in [0, 0.1) is 0 Å². The van der Waals surface area contributed by atoms with Crippen LogP contribution in [0.25, 0.3) is 0 Å². The van der Waals surface area contributed by atoms with E-state index in [1.807, 2.05) is 0 Å². The first kappa shape index (κ1) is 17.2. The number of hydrogen-bond acceptors (Lipinski definition) is 5. The van der Waals surface area contributed by atoms with Gasteiger partial charge in [0.05, 0.1) is 4.75 Å². The minimum Gasteiger partial charge on any atom is -0.334 e. The molecule has 1 heterocycles. The minimum atomic E-state index is -0.219. The van der Waals surface area contributed by atoms with E-state index in [-0.39, 0.29) is 16.7 Å². The molecule has 0 amide bonds. The Morgan fingerprint density at radius 1 is 1.41 bits per heavy atom. The summed E-state index contributed by atoms with van der Waals surface area (Å²) in [5.74, 6) is -0.0378. The van der Waals surface area contributed by atoms with E-state index in [4.69, 9.17) is 12.2 Å². The van der Waals surface area contributed by atoms with Crippen molar-refractivity contribution in [3.8, 4) is 0 Å². The smallest absolute Gasteiger partial charge is 0.178 e. The van der Waals surface area contributed by atoms with E-state index in [2.05, 4.69) is 25.7 Å². The number of hydrogen-bond donors (Lipinski definition) is 1. The van der Waals surface area contributed by atoms with Crippen molar-refractivity contribution in [1.29, 1.82) is 0 Å². The molecule has 0 aromatic carbocycles. The number of rotatable bonds is 5. The van der Waals surface area contributed by atoms with Crippen LogP contribution in [0.5, 0.6) is 0 Å². The Morgan fingerprint density at radius 3 is 2.64 bits per heavy atom. The fraction of sp³-hybridized carbons (Fsp3) is 0.500. The van der Waals surface area contributed by atoms with Crippen molar-refractivity contribution >= 4 is 34.1 Å². The Bertz CT molecular complexity index is 534. The zero-order valence-electron chi connectivity index (χ0n) is 13.2. The van der Waals surface area contributed by atoms with Crippen molar-refractivity contribution in [3.05, 3.63) is 36.1 Å². The second kappa shape index (κ2) is 6.98. The van der Waals surface area contributed by atoms with Crippen molar-refractivity contribution in [2.45, 2.75) is 44.5 Å². The van der Waals surface area contributed by atoms with E-state index >= 15 is 0 Å². The lowest BCUT2D eigenvalue weighted by atomic mass is 10.1. The maximum Gasteiger partial charge on any atom is 0.178 e. The Kier molecular flexibility index (Phi) is 5.47. The number of allylic oxidation sites excluding steroid dienone is 5. The van der Waals surface area contributed by atoms with Crippen LogP contribution in [-0.2, 0) is 4.79 Å². The summed E-state index contributed by atoms with van der Waals surface area (Å²) in [7, 11) is 0. The first-order valence-electron chi connectivity index (χ1n) is 7.44. The van der Waals surface area contributed by atoms with Gasteiger partial charge in [0.25, 0.3) is 0 Å². The first-order valence-corrected chi connectivity index (χ1v) is 8.66. The highest BCUT2D eigenvalue weighted by Crippen LogP contribution is 2.42. The van der Waals surface area contributed by atoms with Gasteiger partial charge in [0, 0.05) is 12.7 Å². The van der Waals surface area contributed by atoms with E-state index < -0.39 is 0 Å². The molecule has 1 N–H and O–H groups in total. The summed E-state index contributed by atoms with van der Waals surface area (Å²) in [6.07, 6.45) is 9.94. The van der Waals surface area contributed by atoms with Gasteiger partial charge >= 0.3 is 0 Å². The summed E-state index contributed by atoms with van der Waals surface area (Å²) >= 11 is 7.09. The van der Waals surface area contributed by atoms with Gasteiger partial charge in [-0.25, -0.2) is 5.06 Å². The van der Waals surface area contributed by atoms with Crippen LogP contribution in [0.1, 0.15) is 33.6 Å². The predicted octanol–water partition coefficient (Wildman–Crippen LogP) is 3.50. The van der Waals surface area contributed by atoms with Crippen molar-refractivity contribution in [2.24, 2.45) is 0 Å². The molecule has 0 saturated carbocycles. The molecule has 22 heavy (non-hydrogen) atoms. The lowest BCUT2D eigenvalue weighted by molar-refractivity contribution is -0.122. The maximum absolute atomic E-state index is 11.2. The topological polar surface area (TPSA) is 43.8 Å². The van der Waals surface area contributed by atoms with E-state index in [9.17, 15) is 10.0 Å². The Labute approximate surface area is 141 Å². The third-order valence-corrected chi connectivity index (χ3v) is 5.30. The van der Waals surface area contributed by atoms with Gasteiger partial charge < -0.3 is 4.90 Å². The van der Waals surface area contributed by atoms with Gasteiger partial charge in [-0.15, -0.1) is 0 Å². The molecule has 6 heteroatoms. The van der Waals surface area contributed by atoms with E-state index in [0.717, 1.165) is 29.3 Å². The van der Waals surface area contributed by atoms with Crippen molar-refractivity contribution in [2.75, 3.05) is 6.54 Å². The lowest BCUT2D eigenvalue weighted by Crippen LogP contribution is -2.50. The molecule has 0 radical (unpaired) electrons. The fourth-order valence-electron chi connectivity index (χ4n) is 2.59. The molecule has 0 spiro atoms. The standard InChI is InChI=1S/C16H22N2O2S2/c1-4-5-10-17-14(16(2,3)22-15(17)21)18(20)11-12-6-8-13(19)9-7-12/h6-9,11,14,20H,4-5,10H2,1-3H3/t14-/m1/s1. The molecule has 1 saturated heterocycles. The molecule has 2 rings (SSSR count). The second-order valence-electron chi connectivity index (χ2n) is 5.97. The summed E-state index contributed by atoms with van der Waals surface area (Å²) in [6, 6.07) is 0. The molecule has 4 nitrogen and oxygen atoms in total. The van der Waals surface area contributed by atoms with Crippen LogP contribution in [0.3, 0.4) is 0 Å². The Balaban J connectivity index is 2.20. The average molecular weight is 338 g/mol. The van der Waals surface area contributed by atoms with Crippen LogP contribution in [0.2, 0.25) is 0 Å². The highest BCUT2D eigenvalue weighted by molar-refractivity contribution is 8.24. The number of nitrogens with zero attached hydrogens (tertiary/aromatic N) is 2. The highest BCUT2D eigenvalue weighted by Gasteiger charge is 2.46. The molecular formula is C16H22N2O2S2. The molecule has 0 aromatic rings. The van der Waals surface area contributed by atoms with Gasteiger partial charge in [-0.05, 0) is 50.1 Å². The van der Waals surface area contributed by atoms with E-state index in [0.29, 0.717) is 0 Å². The third-order valence-electron chi connectivity index (χ3n) is 3.67.